The van der Waals surface area contributed by atoms with Crippen LogP contribution in [0.1, 0.15) is 11.1 Å². The van der Waals surface area contributed by atoms with Gasteiger partial charge in [-0.05, 0) is 11.6 Å². The zero-order valence-electron chi connectivity index (χ0n) is 7.64. The summed E-state index contributed by atoms with van der Waals surface area (Å²) in [6.07, 6.45) is -0.415. The van der Waals surface area contributed by atoms with E-state index >= 15 is 0 Å². The molecular weight excluding hydrogens is 205 g/mol. The van der Waals surface area contributed by atoms with Gasteiger partial charge in [0.05, 0.1) is 0 Å². The molecule has 0 amide bonds. The smallest absolute Gasteiger partial charge is 0.289 e. The van der Waals surface area contributed by atoms with Gasteiger partial charge in [0.2, 0.25) is 5.78 Å². The number of benzene rings is 1. The maximum atomic E-state index is 12.0. The normalized spacial score (nSPS) is 10.8. The third kappa shape index (κ3) is 2.84. The van der Waals surface area contributed by atoms with Gasteiger partial charge in [-0.2, -0.15) is 13.2 Å². The number of ketones is 1. The summed E-state index contributed by atoms with van der Waals surface area (Å²) < 4.78 is 35.9. The highest BCUT2D eigenvalue weighted by molar-refractivity contribution is 5.86. The van der Waals surface area contributed by atoms with Crippen molar-refractivity contribution in [3.63, 3.8) is 0 Å². The first-order chi connectivity index (χ1) is 6.95. The molecule has 1 aromatic rings. The third-order valence-corrected chi connectivity index (χ3v) is 1.84. The van der Waals surface area contributed by atoms with Gasteiger partial charge in [-0.15, -0.1) is 6.42 Å². The number of hydrogen-bond acceptors (Lipinski definition) is 1. The first-order valence-electron chi connectivity index (χ1n) is 4.09. The van der Waals surface area contributed by atoms with E-state index in [1.54, 1.807) is 12.1 Å². The highest BCUT2D eigenvalue weighted by Crippen LogP contribution is 2.19. The van der Waals surface area contributed by atoms with E-state index < -0.39 is 18.4 Å². The summed E-state index contributed by atoms with van der Waals surface area (Å²) in [5, 5.41) is 0. The Labute approximate surface area is 84.9 Å². The molecule has 1 aromatic carbocycles. The summed E-state index contributed by atoms with van der Waals surface area (Å²) in [6.45, 7) is 0. The summed E-state index contributed by atoms with van der Waals surface area (Å²) in [7, 11) is 0. The molecule has 78 valence electrons. The second-order valence-corrected chi connectivity index (χ2v) is 2.90. The Morgan fingerprint density at radius 3 is 2.47 bits per heavy atom. The molecule has 0 aliphatic heterocycles. The fourth-order valence-electron chi connectivity index (χ4n) is 1.09. The van der Waals surface area contributed by atoms with Crippen LogP contribution in [-0.2, 0) is 11.2 Å². The molecule has 0 saturated carbocycles. The summed E-state index contributed by atoms with van der Waals surface area (Å²) >= 11 is 0. The van der Waals surface area contributed by atoms with Crippen LogP contribution in [0.4, 0.5) is 13.2 Å². The van der Waals surface area contributed by atoms with Crippen LogP contribution in [0.15, 0.2) is 24.3 Å². The van der Waals surface area contributed by atoms with Gasteiger partial charge in [0.15, 0.2) is 0 Å². The molecule has 0 aliphatic carbocycles. The van der Waals surface area contributed by atoms with Crippen LogP contribution in [0.3, 0.4) is 0 Å². The number of carbonyl (C=O) groups is 1. The fraction of sp³-hybridized carbons (Fsp3) is 0.182. The van der Waals surface area contributed by atoms with E-state index in [1.807, 2.05) is 0 Å². The molecule has 0 atom stereocenters. The maximum Gasteiger partial charge on any atom is 0.450 e. The Hall–Kier alpha value is -1.76. The van der Waals surface area contributed by atoms with Crippen LogP contribution < -0.4 is 0 Å². The van der Waals surface area contributed by atoms with Crippen molar-refractivity contribution < 1.29 is 18.0 Å². The van der Waals surface area contributed by atoms with Gasteiger partial charge in [0, 0.05) is 12.0 Å². The molecule has 1 nitrogen and oxygen atoms in total. The highest BCUT2D eigenvalue weighted by atomic mass is 19.4. The molecule has 4 heteroatoms. The topological polar surface area (TPSA) is 17.1 Å². The van der Waals surface area contributed by atoms with Crippen LogP contribution in [0.2, 0.25) is 0 Å². The highest BCUT2D eigenvalue weighted by Gasteiger charge is 2.37. The standard InChI is InChI=1S/C11H7F3O/c1-2-8-5-3-4-6-9(8)7-10(15)11(12,13)14/h1,3-6H,7H2. The van der Waals surface area contributed by atoms with Crippen molar-refractivity contribution >= 4 is 5.78 Å². The van der Waals surface area contributed by atoms with E-state index in [-0.39, 0.29) is 5.56 Å². The predicted molar refractivity (Wildman–Crippen MR) is 49.1 cm³/mol. The number of halogens is 3. The van der Waals surface area contributed by atoms with Gasteiger partial charge in [-0.25, -0.2) is 0 Å². The summed E-state index contributed by atoms with van der Waals surface area (Å²) in [6, 6.07) is 6.06. The Morgan fingerprint density at radius 1 is 1.33 bits per heavy atom. The Kier molecular flexibility index (Phi) is 3.15. The van der Waals surface area contributed by atoms with Crippen LogP contribution in [0.25, 0.3) is 0 Å². The monoisotopic (exact) mass is 212 g/mol. The molecule has 0 N–H and O–H groups in total. The molecule has 0 spiro atoms. The zero-order valence-corrected chi connectivity index (χ0v) is 7.64. The van der Waals surface area contributed by atoms with E-state index in [1.165, 1.54) is 12.1 Å². The van der Waals surface area contributed by atoms with Crippen molar-refractivity contribution in [2.75, 3.05) is 0 Å². The minimum absolute atomic E-state index is 0.224. The van der Waals surface area contributed by atoms with E-state index in [2.05, 4.69) is 5.92 Å². The summed E-state index contributed by atoms with van der Waals surface area (Å²) in [5.74, 6) is 0.446. The van der Waals surface area contributed by atoms with Gasteiger partial charge in [0.25, 0.3) is 0 Å². The zero-order chi connectivity index (χ0) is 11.5. The molecular formula is C11H7F3O. The first-order valence-corrected chi connectivity index (χ1v) is 4.09. The average Bonchev–Trinajstić information content (AvgIpc) is 2.17. The quantitative estimate of drug-likeness (QED) is 0.687. The predicted octanol–water partition coefficient (Wildman–Crippen LogP) is 2.34. The van der Waals surface area contributed by atoms with E-state index in [4.69, 9.17) is 6.42 Å². The van der Waals surface area contributed by atoms with Crippen LogP contribution in [0.5, 0.6) is 0 Å². The van der Waals surface area contributed by atoms with E-state index in [0.717, 1.165) is 0 Å². The number of terminal acetylenes is 1. The van der Waals surface area contributed by atoms with Crippen molar-refractivity contribution in [3.05, 3.63) is 35.4 Å². The van der Waals surface area contributed by atoms with Crippen molar-refractivity contribution in [3.8, 4) is 12.3 Å². The molecule has 0 aliphatic rings. The van der Waals surface area contributed by atoms with Gasteiger partial charge in [-0.1, -0.05) is 24.1 Å². The number of hydrogen-bond donors (Lipinski definition) is 0. The molecule has 0 aromatic heterocycles. The Balaban J connectivity index is 2.92. The second kappa shape index (κ2) is 4.18. The second-order valence-electron chi connectivity index (χ2n) is 2.90. The molecule has 1 rings (SSSR count). The minimum atomic E-state index is -4.80. The largest absolute Gasteiger partial charge is 0.450 e. The van der Waals surface area contributed by atoms with Gasteiger partial charge < -0.3 is 0 Å². The molecule has 0 unspecified atom stereocenters. The number of Topliss-reactive ketones (excluding diaryl/α,β-unsaturated/α-hetero) is 1. The van der Waals surface area contributed by atoms with Gasteiger partial charge >= 0.3 is 6.18 Å². The molecule has 0 fully saturated rings. The lowest BCUT2D eigenvalue weighted by atomic mass is 10.0. The number of carbonyl (C=O) groups excluding carboxylic acids is 1. The molecule has 0 heterocycles. The lowest BCUT2D eigenvalue weighted by Gasteiger charge is -2.06. The van der Waals surface area contributed by atoms with Gasteiger partial charge in [0.1, 0.15) is 0 Å². The Morgan fingerprint density at radius 2 is 1.93 bits per heavy atom. The van der Waals surface area contributed by atoms with Crippen molar-refractivity contribution in [2.45, 2.75) is 12.6 Å². The van der Waals surface area contributed by atoms with Crippen molar-refractivity contribution in [1.29, 1.82) is 0 Å². The molecule has 0 saturated heterocycles. The van der Waals surface area contributed by atoms with Crippen LogP contribution >= 0.6 is 0 Å². The SMILES string of the molecule is C#Cc1ccccc1CC(=O)C(F)(F)F. The summed E-state index contributed by atoms with van der Waals surface area (Å²) in [4.78, 5) is 10.7. The lowest BCUT2D eigenvalue weighted by Crippen LogP contribution is -2.24. The average molecular weight is 212 g/mol. The molecule has 0 bridgehead atoms. The van der Waals surface area contributed by atoms with Crippen molar-refractivity contribution in [1.82, 2.24) is 0 Å². The first kappa shape index (κ1) is 11.3. The fourth-order valence-corrected chi connectivity index (χ4v) is 1.09. The maximum absolute atomic E-state index is 12.0. The Bertz CT molecular complexity index is 413. The van der Waals surface area contributed by atoms with Gasteiger partial charge in [-0.3, -0.25) is 4.79 Å². The van der Waals surface area contributed by atoms with Crippen LogP contribution in [0, 0.1) is 12.3 Å². The lowest BCUT2D eigenvalue weighted by molar-refractivity contribution is -0.170. The number of alkyl halides is 3. The number of rotatable bonds is 2. The minimum Gasteiger partial charge on any atom is -0.289 e. The summed E-state index contributed by atoms with van der Waals surface area (Å²) in [5.41, 5.74) is 0.539. The van der Waals surface area contributed by atoms with Crippen molar-refractivity contribution in [2.24, 2.45) is 0 Å². The van der Waals surface area contributed by atoms with E-state index in [9.17, 15) is 18.0 Å². The third-order valence-electron chi connectivity index (χ3n) is 1.84. The van der Waals surface area contributed by atoms with E-state index in [0.29, 0.717) is 5.56 Å². The molecule has 0 radical (unpaired) electrons. The van der Waals surface area contributed by atoms with Crippen LogP contribution in [-0.4, -0.2) is 12.0 Å². The molecule has 15 heavy (non-hydrogen) atoms.